The summed E-state index contributed by atoms with van der Waals surface area (Å²) in [4.78, 5) is 54.9. The molecular weight excluding hydrogens is 636 g/mol. The van der Waals surface area contributed by atoms with Crippen molar-refractivity contribution in [3.05, 3.63) is 53.6 Å². The monoisotopic (exact) mass is 682 g/mol. The maximum atomic E-state index is 13.5. The average Bonchev–Trinajstić information content (AvgIpc) is 2.97. The number of anilines is 2. The smallest absolute Gasteiger partial charge is 0.420 e. The number of amides is 4. The first-order chi connectivity index (χ1) is 22.7. The Kier molecular flexibility index (Phi) is 12.4. The third-order valence-corrected chi connectivity index (χ3v) is 6.85. The predicted molar refractivity (Wildman–Crippen MR) is 179 cm³/mol. The van der Waals surface area contributed by atoms with E-state index in [9.17, 15) is 34.7 Å². The van der Waals surface area contributed by atoms with Gasteiger partial charge in [0.15, 0.2) is 12.2 Å². The van der Waals surface area contributed by atoms with Gasteiger partial charge in [0.05, 0.1) is 42.7 Å². The largest absolute Gasteiger partial charge is 0.491 e. The van der Waals surface area contributed by atoms with Crippen molar-refractivity contribution in [3.8, 4) is 11.8 Å². The van der Waals surface area contributed by atoms with E-state index in [0.717, 1.165) is 0 Å². The lowest BCUT2D eigenvalue weighted by Gasteiger charge is -2.34. The number of nitrogens with zero attached hydrogens (tertiary/aromatic N) is 3. The Morgan fingerprint density at radius 2 is 1.65 bits per heavy atom. The average molecular weight is 683 g/mol. The molecule has 49 heavy (non-hydrogen) atoms. The first-order valence-electron chi connectivity index (χ1n) is 15.8. The lowest BCUT2D eigenvalue weighted by Crippen LogP contribution is -2.55. The Labute approximate surface area is 286 Å². The molecule has 2 aromatic rings. The van der Waals surface area contributed by atoms with E-state index in [-0.39, 0.29) is 36.6 Å². The molecule has 1 saturated heterocycles. The zero-order valence-corrected chi connectivity index (χ0v) is 29.2. The van der Waals surface area contributed by atoms with Crippen LogP contribution in [0.15, 0.2) is 42.5 Å². The van der Waals surface area contributed by atoms with E-state index in [1.807, 2.05) is 6.07 Å². The lowest BCUT2D eigenvalue weighted by atomic mass is 10.1. The van der Waals surface area contributed by atoms with Crippen molar-refractivity contribution in [3.63, 3.8) is 0 Å². The van der Waals surface area contributed by atoms with Gasteiger partial charge in [0, 0.05) is 18.7 Å². The molecule has 14 nitrogen and oxygen atoms in total. The molecule has 1 aliphatic rings. The van der Waals surface area contributed by atoms with Gasteiger partial charge in [-0.05, 0) is 91.3 Å². The highest BCUT2D eigenvalue weighted by molar-refractivity contribution is 6.04. The Balaban J connectivity index is 1.80. The quantitative estimate of drug-likeness (QED) is 0.320. The molecule has 0 aliphatic carbocycles. The Morgan fingerprint density at radius 1 is 1.04 bits per heavy atom. The highest BCUT2D eigenvalue weighted by Crippen LogP contribution is 2.31. The molecule has 1 heterocycles. The molecule has 4 amide bonds. The molecule has 3 rings (SSSR count). The van der Waals surface area contributed by atoms with Crippen LogP contribution >= 0.6 is 0 Å². The summed E-state index contributed by atoms with van der Waals surface area (Å²) < 4.78 is 22.2. The van der Waals surface area contributed by atoms with Crippen LogP contribution in [0.1, 0.15) is 72.9 Å². The standard InChI is InChI=1S/C35H46N4O10/c1-33(2,3)48-31(43)39(32(44)49-34(4,5)6)21-23-19-24(14-13-22(23)20-36)37-29(41)27(40)28-30(42)38(16-18-47-28)25-11-9-10-12-26(25)46-17-15-35(7,8)45/h9-14,19,27-28,40,45H,15-18,21H2,1-8H3,(H,37,41)/t27-,28-/m1/s1. The number of ether oxygens (including phenoxy) is 4. The molecule has 0 saturated carbocycles. The van der Waals surface area contributed by atoms with Gasteiger partial charge in [-0.1, -0.05) is 12.1 Å². The summed E-state index contributed by atoms with van der Waals surface area (Å²) in [6, 6.07) is 12.9. The molecule has 14 heteroatoms. The summed E-state index contributed by atoms with van der Waals surface area (Å²) in [6.07, 6.45) is -5.14. The van der Waals surface area contributed by atoms with Crippen LogP contribution < -0.4 is 15.0 Å². The second kappa shape index (κ2) is 15.7. The molecule has 2 aromatic carbocycles. The van der Waals surface area contributed by atoms with Crippen LogP contribution in [0.2, 0.25) is 0 Å². The molecule has 1 aliphatic heterocycles. The van der Waals surface area contributed by atoms with Crippen LogP contribution in [0.25, 0.3) is 0 Å². The maximum absolute atomic E-state index is 13.5. The highest BCUT2D eigenvalue weighted by atomic mass is 16.6. The second-order valence-electron chi connectivity index (χ2n) is 14.1. The van der Waals surface area contributed by atoms with Crippen LogP contribution in [0.3, 0.4) is 0 Å². The summed E-state index contributed by atoms with van der Waals surface area (Å²) in [5, 5.41) is 33.3. The Hall–Kier alpha value is -4.71. The van der Waals surface area contributed by atoms with Gasteiger partial charge in [0.2, 0.25) is 0 Å². The van der Waals surface area contributed by atoms with Crippen molar-refractivity contribution in [2.75, 3.05) is 30.0 Å². The molecule has 2 atom stereocenters. The first kappa shape index (κ1) is 38.7. The molecule has 3 N–H and O–H groups in total. The number of aliphatic hydroxyl groups excluding tert-OH is 1. The van der Waals surface area contributed by atoms with Gasteiger partial charge >= 0.3 is 12.2 Å². The van der Waals surface area contributed by atoms with Gasteiger partial charge in [0.25, 0.3) is 11.8 Å². The number of carbonyl (C=O) groups excluding carboxylic acids is 4. The summed E-state index contributed by atoms with van der Waals surface area (Å²) in [5.74, 6) is -1.25. The Morgan fingerprint density at radius 3 is 2.22 bits per heavy atom. The van der Waals surface area contributed by atoms with Crippen LogP contribution in [0.5, 0.6) is 5.75 Å². The minimum absolute atomic E-state index is 0.0188. The molecular formula is C35H46N4O10. The number of hydrogen-bond donors (Lipinski definition) is 3. The molecule has 0 aromatic heterocycles. The van der Waals surface area contributed by atoms with Gasteiger partial charge in [-0.2, -0.15) is 5.26 Å². The third-order valence-electron chi connectivity index (χ3n) is 6.85. The molecule has 266 valence electrons. The molecule has 0 unspecified atom stereocenters. The van der Waals surface area contributed by atoms with Gasteiger partial charge in [-0.25, -0.2) is 14.5 Å². The number of rotatable bonds is 10. The summed E-state index contributed by atoms with van der Waals surface area (Å²) in [7, 11) is 0. The number of morpholine rings is 1. The van der Waals surface area contributed by atoms with E-state index in [4.69, 9.17) is 18.9 Å². The number of benzene rings is 2. The first-order valence-corrected chi connectivity index (χ1v) is 15.8. The number of para-hydroxylation sites is 2. The van der Waals surface area contributed by atoms with Crippen LogP contribution in [0.4, 0.5) is 21.0 Å². The molecule has 0 spiro atoms. The summed E-state index contributed by atoms with van der Waals surface area (Å²) >= 11 is 0. The minimum atomic E-state index is -1.93. The van der Waals surface area contributed by atoms with E-state index in [1.54, 1.807) is 79.7 Å². The van der Waals surface area contributed by atoms with E-state index < -0.39 is 59.6 Å². The number of nitriles is 1. The topological polar surface area (TPSA) is 188 Å². The SMILES string of the molecule is CC(C)(O)CCOc1ccccc1N1CCO[C@H]([C@@H](O)C(=O)Nc2ccc(C#N)c(CN(C(=O)OC(C)(C)C)C(=O)OC(C)(C)C)c2)C1=O. The van der Waals surface area contributed by atoms with Gasteiger partial charge in [-0.3, -0.25) is 9.59 Å². The van der Waals surface area contributed by atoms with Crippen molar-refractivity contribution in [1.29, 1.82) is 5.26 Å². The molecule has 0 bridgehead atoms. The van der Waals surface area contributed by atoms with Gasteiger partial charge < -0.3 is 39.4 Å². The zero-order chi connectivity index (χ0) is 36.7. The van der Waals surface area contributed by atoms with Crippen molar-refractivity contribution >= 4 is 35.4 Å². The number of carbonyl (C=O) groups is 4. The lowest BCUT2D eigenvalue weighted by molar-refractivity contribution is -0.150. The van der Waals surface area contributed by atoms with Crippen LogP contribution in [-0.4, -0.2) is 87.9 Å². The molecule has 0 radical (unpaired) electrons. The number of imide groups is 1. The van der Waals surface area contributed by atoms with Crippen LogP contribution in [0, 0.1) is 11.3 Å². The number of hydrogen-bond acceptors (Lipinski definition) is 11. The molecule has 1 fully saturated rings. The van der Waals surface area contributed by atoms with E-state index in [1.165, 1.54) is 23.1 Å². The van der Waals surface area contributed by atoms with Gasteiger partial charge in [0.1, 0.15) is 17.0 Å². The van der Waals surface area contributed by atoms with Crippen molar-refractivity contribution < 1.29 is 48.3 Å². The Bertz CT molecular complexity index is 1540. The fraction of sp³-hybridized carbons (Fsp3) is 0.514. The second-order valence-corrected chi connectivity index (χ2v) is 14.1. The van der Waals surface area contributed by atoms with E-state index in [0.29, 0.717) is 22.8 Å². The number of nitrogens with one attached hydrogen (secondary N) is 1. The predicted octanol–water partition coefficient (Wildman–Crippen LogP) is 4.50. The van der Waals surface area contributed by atoms with Crippen LogP contribution in [-0.2, 0) is 30.3 Å². The zero-order valence-electron chi connectivity index (χ0n) is 29.2. The number of aliphatic hydroxyl groups is 2. The summed E-state index contributed by atoms with van der Waals surface area (Å²) in [6.45, 7) is 13.0. The van der Waals surface area contributed by atoms with Crippen molar-refractivity contribution in [2.24, 2.45) is 0 Å². The van der Waals surface area contributed by atoms with Crippen molar-refractivity contribution in [1.82, 2.24) is 4.90 Å². The third kappa shape index (κ3) is 11.4. The normalized spacial score (nSPS) is 15.9. The minimum Gasteiger partial charge on any atom is -0.491 e. The van der Waals surface area contributed by atoms with Crippen molar-refractivity contribution in [2.45, 2.75) is 97.4 Å². The fourth-order valence-electron chi connectivity index (χ4n) is 4.56. The maximum Gasteiger partial charge on any atom is 0.420 e. The van der Waals surface area contributed by atoms with Gasteiger partial charge in [-0.15, -0.1) is 0 Å². The fourth-order valence-corrected chi connectivity index (χ4v) is 4.56. The van der Waals surface area contributed by atoms with E-state index in [2.05, 4.69) is 5.32 Å². The highest BCUT2D eigenvalue weighted by Gasteiger charge is 2.40. The van der Waals surface area contributed by atoms with E-state index >= 15 is 0 Å². The summed E-state index contributed by atoms with van der Waals surface area (Å²) in [5.41, 5.74) is -2.04.